The largest absolute Gasteiger partial charge is 1.00 e. The monoisotopic (exact) mass is 528 g/mol. The van der Waals surface area contributed by atoms with E-state index in [-0.39, 0.29) is 24.8 Å². The molecule has 3 heteroatoms. The van der Waals surface area contributed by atoms with Gasteiger partial charge in [-0.2, -0.15) is 0 Å². The number of fused-ring (bicyclic) bond motifs is 1. The fourth-order valence-electron chi connectivity index (χ4n) is 4.00. The number of halogens is 2. The summed E-state index contributed by atoms with van der Waals surface area (Å²) in [5.41, 5.74) is 6.12. The van der Waals surface area contributed by atoms with Gasteiger partial charge in [0.2, 0.25) is 0 Å². The van der Waals surface area contributed by atoms with E-state index >= 15 is 0 Å². The second-order valence-electron chi connectivity index (χ2n) is 6.43. The molecule has 1 aromatic rings. The summed E-state index contributed by atoms with van der Waals surface area (Å²) < 4.78 is 3.42. The van der Waals surface area contributed by atoms with Crippen LogP contribution in [0.4, 0.5) is 0 Å². The Bertz CT molecular complexity index is 693. The summed E-state index contributed by atoms with van der Waals surface area (Å²) >= 11 is -1.98. The Balaban J connectivity index is 0.00000144. The Labute approximate surface area is 167 Å². The Morgan fingerprint density at radius 2 is 1.50 bits per heavy atom. The first-order valence-electron chi connectivity index (χ1n) is 8.52. The minimum Gasteiger partial charge on any atom is -1.00 e. The number of benzene rings is 1. The number of allylic oxidation sites excluding steroid dienone is 5. The maximum atomic E-state index is 2.55. The Morgan fingerprint density at radius 3 is 2.08 bits per heavy atom. The average Bonchev–Trinajstić information content (AvgIpc) is 3.18. The van der Waals surface area contributed by atoms with Crippen LogP contribution in [0.25, 0.3) is 6.08 Å². The molecule has 0 bridgehead atoms. The molecule has 1 unspecified atom stereocenters. The van der Waals surface area contributed by atoms with Crippen molar-refractivity contribution >= 4 is 9.33 Å². The Hall–Kier alpha value is -0.240. The molecule has 0 nitrogen and oxygen atoms in total. The molecule has 128 valence electrons. The van der Waals surface area contributed by atoms with Gasteiger partial charge in [0.1, 0.15) is 0 Å². The van der Waals surface area contributed by atoms with E-state index in [1.165, 1.54) is 29.5 Å². The molecule has 0 saturated heterocycles. The molecular formula is C21H26Cl2Hf. The van der Waals surface area contributed by atoms with Crippen LogP contribution in [0.15, 0.2) is 42.5 Å². The summed E-state index contributed by atoms with van der Waals surface area (Å²) in [4.78, 5) is 0. The predicted octanol–water partition coefficient (Wildman–Crippen LogP) is -0.0956. The van der Waals surface area contributed by atoms with Crippen LogP contribution in [0.5, 0.6) is 0 Å². The number of hydrogen-bond acceptors (Lipinski definition) is 0. The van der Waals surface area contributed by atoms with Gasteiger partial charge in [-0.15, -0.1) is 0 Å². The van der Waals surface area contributed by atoms with E-state index in [0.717, 1.165) is 7.35 Å². The molecular weight excluding hydrogens is 502 g/mol. The van der Waals surface area contributed by atoms with Gasteiger partial charge >= 0.3 is 143 Å². The molecule has 2 aliphatic rings. The van der Waals surface area contributed by atoms with Gasteiger partial charge in [0.05, 0.1) is 0 Å². The molecule has 0 fully saturated rings. The molecule has 0 spiro atoms. The van der Waals surface area contributed by atoms with Gasteiger partial charge in [0.25, 0.3) is 0 Å². The molecule has 0 aliphatic heterocycles. The number of rotatable bonds is 4. The molecule has 1 aromatic carbocycles. The maximum Gasteiger partial charge on any atom is -1.00 e. The summed E-state index contributed by atoms with van der Waals surface area (Å²) in [7, 11) is 0. The van der Waals surface area contributed by atoms with Crippen molar-refractivity contribution in [3.63, 3.8) is 0 Å². The molecule has 0 N–H and O–H groups in total. The van der Waals surface area contributed by atoms with Crippen molar-refractivity contribution in [2.24, 2.45) is 0 Å². The summed E-state index contributed by atoms with van der Waals surface area (Å²) in [5.74, 6) is 0. The molecule has 0 aromatic heterocycles. The molecule has 24 heavy (non-hydrogen) atoms. The van der Waals surface area contributed by atoms with Crippen molar-refractivity contribution in [1.29, 1.82) is 0 Å². The van der Waals surface area contributed by atoms with Crippen LogP contribution in [0.2, 0.25) is 3.67 Å². The molecule has 0 heterocycles. The van der Waals surface area contributed by atoms with Crippen LogP contribution in [-0.4, -0.2) is 3.26 Å². The first-order valence-corrected chi connectivity index (χ1v) is 14.5. The van der Waals surface area contributed by atoms with E-state index < -0.39 is 21.0 Å². The van der Waals surface area contributed by atoms with E-state index in [1.807, 2.05) is 3.26 Å². The topological polar surface area (TPSA) is 0 Å². The third-order valence-corrected chi connectivity index (χ3v) is 18.8. The summed E-state index contributed by atoms with van der Waals surface area (Å²) in [6, 6.07) is 4.61. The minimum atomic E-state index is -1.98. The van der Waals surface area contributed by atoms with Crippen LogP contribution in [0.1, 0.15) is 52.6 Å². The normalized spacial score (nSPS) is 17.0. The molecule has 0 saturated carbocycles. The zero-order chi connectivity index (χ0) is 15.7. The average molecular weight is 528 g/mol. The van der Waals surface area contributed by atoms with Crippen molar-refractivity contribution < 1.29 is 45.8 Å². The van der Waals surface area contributed by atoms with Crippen LogP contribution in [0, 0.1) is 13.8 Å². The van der Waals surface area contributed by atoms with Gasteiger partial charge in [-0.1, -0.05) is 0 Å². The van der Waals surface area contributed by atoms with Crippen molar-refractivity contribution in [2.75, 3.05) is 0 Å². The second-order valence-corrected chi connectivity index (χ2v) is 16.9. The summed E-state index contributed by atoms with van der Waals surface area (Å²) in [6.07, 6.45) is 17.0. The molecule has 0 amide bonds. The van der Waals surface area contributed by atoms with Gasteiger partial charge in [0.15, 0.2) is 0 Å². The van der Waals surface area contributed by atoms with Gasteiger partial charge in [-0.3, -0.25) is 0 Å². The standard InChI is InChI=1S/C11H11.C5H5.C5H10.2ClH.Hf/c1-8-6-7-9(2)11-5-3-4-10(8)11;1-2-4-5-3-1;1-3-5-4-2;;;/h3-7H,1-2H3;1-5H;3-4H2,1-2H3;2*1H;/q;;;;;+2/p-2. The van der Waals surface area contributed by atoms with Crippen molar-refractivity contribution in [2.45, 2.75) is 47.9 Å². The van der Waals surface area contributed by atoms with Gasteiger partial charge in [-0.05, 0) is 0 Å². The van der Waals surface area contributed by atoms with E-state index in [2.05, 4.69) is 76.3 Å². The predicted molar refractivity (Wildman–Crippen MR) is 95.3 cm³/mol. The van der Waals surface area contributed by atoms with Crippen molar-refractivity contribution in [3.8, 4) is 0 Å². The molecule has 3 rings (SSSR count). The fraction of sp³-hybridized carbons (Fsp3) is 0.381. The Kier molecular flexibility index (Phi) is 8.59. The van der Waals surface area contributed by atoms with Crippen LogP contribution < -0.4 is 24.8 Å². The third kappa shape index (κ3) is 3.94. The van der Waals surface area contributed by atoms with E-state index in [4.69, 9.17) is 0 Å². The van der Waals surface area contributed by atoms with E-state index in [1.54, 1.807) is 5.56 Å². The number of hydrogen-bond donors (Lipinski definition) is 0. The van der Waals surface area contributed by atoms with E-state index in [9.17, 15) is 0 Å². The number of aryl methyl sites for hydroxylation is 2. The van der Waals surface area contributed by atoms with E-state index in [0.29, 0.717) is 0 Å². The first-order chi connectivity index (χ1) is 10.7. The maximum absolute atomic E-state index is 2.55. The van der Waals surface area contributed by atoms with Gasteiger partial charge in [0, 0.05) is 0 Å². The Morgan fingerprint density at radius 1 is 0.917 bits per heavy atom. The van der Waals surface area contributed by atoms with Gasteiger partial charge in [-0.25, -0.2) is 0 Å². The fourth-order valence-corrected chi connectivity index (χ4v) is 17.6. The summed E-state index contributed by atoms with van der Waals surface area (Å²) in [6.45, 7) is 9.30. The van der Waals surface area contributed by atoms with Crippen LogP contribution in [0.3, 0.4) is 0 Å². The first kappa shape index (κ1) is 21.8. The second kappa shape index (κ2) is 9.46. The van der Waals surface area contributed by atoms with Crippen LogP contribution in [-0.2, 0) is 21.0 Å². The summed E-state index contributed by atoms with van der Waals surface area (Å²) in [5, 5.41) is 0. The smallest absolute Gasteiger partial charge is 1.00 e. The quantitative estimate of drug-likeness (QED) is 0.480. The minimum absolute atomic E-state index is 0. The van der Waals surface area contributed by atoms with Gasteiger partial charge < -0.3 is 24.8 Å². The third-order valence-electron chi connectivity index (χ3n) is 5.19. The van der Waals surface area contributed by atoms with Crippen LogP contribution >= 0.6 is 0 Å². The van der Waals surface area contributed by atoms with Crippen molar-refractivity contribution in [3.05, 3.63) is 64.8 Å². The molecule has 1 atom stereocenters. The zero-order valence-corrected chi connectivity index (χ0v) is 20.0. The molecule has 2 aliphatic carbocycles. The molecule has 0 radical (unpaired) electrons. The SMILES string of the molecule is CC[C](CC)=[Hf+2]([CH]1C=CC=C1)[CH]1C=Cc2c(C)ccc(C)c21.[Cl-].[Cl-]. The zero-order valence-electron chi connectivity index (χ0n) is 14.9. The van der Waals surface area contributed by atoms with Crippen molar-refractivity contribution in [1.82, 2.24) is 0 Å².